The smallest absolute Gasteiger partial charge is 0.251 e. The van der Waals surface area contributed by atoms with Gasteiger partial charge in [-0.05, 0) is 30.7 Å². The molecule has 8 heteroatoms. The van der Waals surface area contributed by atoms with Gasteiger partial charge in [-0.15, -0.1) is 0 Å². The Labute approximate surface area is 159 Å². The number of nitrogens with two attached hydrogens (primary N) is 1. The van der Waals surface area contributed by atoms with Gasteiger partial charge in [-0.1, -0.05) is 36.4 Å². The monoisotopic (exact) mass is 387 g/mol. The van der Waals surface area contributed by atoms with Crippen LogP contribution in [0.1, 0.15) is 16.8 Å². The molecule has 0 saturated heterocycles. The Morgan fingerprint density at radius 3 is 2.15 bits per heavy atom. The van der Waals surface area contributed by atoms with Crippen LogP contribution in [0.4, 0.5) is 0 Å². The number of hydrogen-bond acceptors (Lipinski definition) is 4. The van der Waals surface area contributed by atoms with E-state index in [2.05, 4.69) is 10.6 Å². The molecule has 0 aliphatic carbocycles. The van der Waals surface area contributed by atoms with E-state index in [0.29, 0.717) is 10.5 Å². The SMILES string of the molecule is NC(=O)[C@@H](CC[S@](=O)c1ccccc1)NC(=O)CNC(=O)c1ccccc1. The maximum absolute atomic E-state index is 12.2. The van der Waals surface area contributed by atoms with E-state index in [-0.39, 0.29) is 18.7 Å². The van der Waals surface area contributed by atoms with Crippen molar-refractivity contribution < 1.29 is 18.6 Å². The fraction of sp³-hybridized carbons (Fsp3) is 0.211. The molecule has 2 aromatic carbocycles. The second-order valence-corrected chi connectivity index (χ2v) is 7.29. The van der Waals surface area contributed by atoms with E-state index in [1.54, 1.807) is 54.6 Å². The number of carbonyl (C=O) groups excluding carboxylic acids is 3. The molecule has 0 radical (unpaired) electrons. The Morgan fingerprint density at radius 2 is 1.56 bits per heavy atom. The van der Waals surface area contributed by atoms with E-state index >= 15 is 0 Å². The molecule has 0 unspecified atom stereocenters. The zero-order chi connectivity index (χ0) is 19.6. The van der Waals surface area contributed by atoms with Crippen LogP contribution < -0.4 is 16.4 Å². The van der Waals surface area contributed by atoms with E-state index in [1.165, 1.54) is 0 Å². The van der Waals surface area contributed by atoms with Gasteiger partial charge in [0.2, 0.25) is 11.8 Å². The summed E-state index contributed by atoms with van der Waals surface area (Å²) in [7, 11) is -1.30. The van der Waals surface area contributed by atoms with Gasteiger partial charge in [0.05, 0.1) is 17.3 Å². The summed E-state index contributed by atoms with van der Waals surface area (Å²) in [6.45, 7) is -0.292. The zero-order valence-electron chi connectivity index (χ0n) is 14.6. The van der Waals surface area contributed by atoms with Crippen molar-refractivity contribution in [3.8, 4) is 0 Å². The summed E-state index contributed by atoms with van der Waals surface area (Å²) < 4.78 is 12.2. The Morgan fingerprint density at radius 1 is 0.963 bits per heavy atom. The highest BCUT2D eigenvalue weighted by Gasteiger charge is 2.19. The highest BCUT2D eigenvalue weighted by atomic mass is 32.2. The average molecular weight is 387 g/mol. The predicted molar refractivity (Wildman–Crippen MR) is 102 cm³/mol. The van der Waals surface area contributed by atoms with Crippen LogP contribution in [-0.4, -0.2) is 40.3 Å². The summed E-state index contributed by atoms with van der Waals surface area (Å²) in [6.07, 6.45) is 0.134. The first kappa shape index (κ1) is 20.3. The van der Waals surface area contributed by atoms with Gasteiger partial charge in [0, 0.05) is 16.2 Å². The van der Waals surface area contributed by atoms with E-state index in [4.69, 9.17) is 5.73 Å². The van der Waals surface area contributed by atoms with E-state index in [1.807, 2.05) is 6.07 Å². The molecule has 3 amide bonds. The Hall–Kier alpha value is -3.00. The van der Waals surface area contributed by atoms with Gasteiger partial charge in [-0.2, -0.15) is 0 Å². The first-order valence-electron chi connectivity index (χ1n) is 8.32. The molecule has 0 bridgehead atoms. The fourth-order valence-corrected chi connectivity index (χ4v) is 3.44. The number of primary amides is 1. The summed E-state index contributed by atoms with van der Waals surface area (Å²) in [4.78, 5) is 36.1. The number of amides is 3. The van der Waals surface area contributed by atoms with Gasteiger partial charge < -0.3 is 16.4 Å². The molecular weight excluding hydrogens is 366 g/mol. The molecule has 4 N–H and O–H groups in total. The maximum Gasteiger partial charge on any atom is 0.251 e. The number of carbonyl (C=O) groups is 3. The van der Waals surface area contributed by atoms with Crippen molar-refractivity contribution in [2.24, 2.45) is 5.73 Å². The van der Waals surface area contributed by atoms with Crippen molar-refractivity contribution in [2.75, 3.05) is 12.3 Å². The minimum absolute atomic E-state index is 0.134. The van der Waals surface area contributed by atoms with Crippen LogP contribution in [-0.2, 0) is 20.4 Å². The summed E-state index contributed by atoms with van der Waals surface area (Å²) >= 11 is 0. The Balaban J connectivity index is 1.82. The molecular formula is C19H21N3O4S. The topological polar surface area (TPSA) is 118 Å². The van der Waals surface area contributed by atoms with E-state index in [9.17, 15) is 18.6 Å². The summed E-state index contributed by atoms with van der Waals surface area (Å²) in [5, 5.41) is 4.94. The number of hydrogen-bond donors (Lipinski definition) is 3. The van der Waals surface area contributed by atoms with Gasteiger partial charge in [-0.25, -0.2) is 0 Å². The quantitative estimate of drug-likeness (QED) is 0.583. The predicted octanol–water partition coefficient (Wildman–Crippen LogP) is 0.584. The third-order valence-electron chi connectivity index (χ3n) is 3.72. The van der Waals surface area contributed by atoms with Crippen molar-refractivity contribution >= 4 is 28.5 Å². The van der Waals surface area contributed by atoms with Crippen molar-refractivity contribution in [1.82, 2.24) is 10.6 Å². The minimum atomic E-state index is -1.30. The summed E-state index contributed by atoms with van der Waals surface area (Å²) in [5.41, 5.74) is 5.74. The van der Waals surface area contributed by atoms with Crippen molar-refractivity contribution in [2.45, 2.75) is 17.4 Å². The summed E-state index contributed by atoms with van der Waals surface area (Å²) in [6, 6.07) is 16.3. The molecule has 0 aliphatic rings. The van der Waals surface area contributed by atoms with Gasteiger partial charge >= 0.3 is 0 Å². The number of rotatable bonds is 9. The van der Waals surface area contributed by atoms with Crippen molar-refractivity contribution in [3.05, 3.63) is 66.2 Å². The second kappa shape index (κ2) is 10.2. The first-order chi connectivity index (χ1) is 13.0. The van der Waals surface area contributed by atoms with Gasteiger partial charge in [-0.3, -0.25) is 18.6 Å². The van der Waals surface area contributed by atoms with E-state index in [0.717, 1.165) is 0 Å². The van der Waals surface area contributed by atoms with E-state index < -0.39 is 34.6 Å². The fourth-order valence-electron chi connectivity index (χ4n) is 2.30. The van der Waals surface area contributed by atoms with Gasteiger partial charge in [0.1, 0.15) is 6.04 Å². The van der Waals surface area contributed by atoms with Crippen LogP contribution in [0.15, 0.2) is 65.6 Å². The second-order valence-electron chi connectivity index (χ2n) is 5.72. The normalized spacial score (nSPS) is 12.6. The van der Waals surface area contributed by atoms with Crippen LogP contribution >= 0.6 is 0 Å². The molecule has 142 valence electrons. The zero-order valence-corrected chi connectivity index (χ0v) is 15.4. The maximum atomic E-state index is 12.2. The molecule has 0 aromatic heterocycles. The molecule has 0 aliphatic heterocycles. The first-order valence-corrected chi connectivity index (χ1v) is 9.64. The molecule has 2 atom stereocenters. The molecule has 27 heavy (non-hydrogen) atoms. The van der Waals surface area contributed by atoms with Gasteiger partial charge in [0.15, 0.2) is 0 Å². The van der Waals surface area contributed by atoms with Crippen LogP contribution in [0.5, 0.6) is 0 Å². The van der Waals surface area contributed by atoms with Crippen molar-refractivity contribution in [1.29, 1.82) is 0 Å². The van der Waals surface area contributed by atoms with Crippen LogP contribution in [0.2, 0.25) is 0 Å². The molecule has 0 spiro atoms. The summed E-state index contributed by atoms with van der Waals surface area (Å²) in [5.74, 6) is -1.49. The number of benzene rings is 2. The third kappa shape index (κ3) is 6.67. The average Bonchev–Trinajstić information content (AvgIpc) is 2.70. The molecule has 2 rings (SSSR count). The largest absolute Gasteiger partial charge is 0.368 e. The number of nitrogens with one attached hydrogen (secondary N) is 2. The van der Waals surface area contributed by atoms with Crippen LogP contribution in [0.3, 0.4) is 0 Å². The lowest BCUT2D eigenvalue weighted by molar-refractivity contribution is -0.126. The molecule has 7 nitrogen and oxygen atoms in total. The molecule has 0 saturated carbocycles. The molecule has 0 heterocycles. The molecule has 0 fully saturated rings. The third-order valence-corrected chi connectivity index (χ3v) is 5.13. The lowest BCUT2D eigenvalue weighted by atomic mass is 10.2. The minimum Gasteiger partial charge on any atom is -0.368 e. The highest BCUT2D eigenvalue weighted by molar-refractivity contribution is 7.85. The standard InChI is InChI=1S/C19H21N3O4S/c20-18(24)16(11-12-27(26)15-9-5-2-6-10-15)22-17(23)13-21-19(25)14-7-3-1-4-8-14/h1-10,16H,11-13H2,(H2,20,24)(H,21,25)(H,22,23)/t16-,27+/m1/s1. The van der Waals surface area contributed by atoms with Gasteiger partial charge in [0.25, 0.3) is 5.91 Å². The van der Waals surface area contributed by atoms with Crippen LogP contribution in [0.25, 0.3) is 0 Å². The van der Waals surface area contributed by atoms with Crippen LogP contribution in [0, 0.1) is 0 Å². The Bertz CT molecular complexity index is 812. The lowest BCUT2D eigenvalue weighted by Gasteiger charge is -2.15. The Kier molecular flexibility index (Phi) is 7.69. The highest BCUT2D eigenvalue weighted by Crippen LogP contribution is 2.07. The lowest BCUT2D eigenvalue weighted by Crippen LogP contribution is -2.48. The molecule has 2 aromatic rings. The van der Waals surface area contributed by atoms with Crippen molar-refractivity contribution in [3.63, 3.8) is 0 Å².